The first-order valence-corrected chi connectivity index (χ1v) is 4.70. The van der Waals surface area contributed by atoms with Crippen LogP contribution in [0.1, 0.15) is 0 Å². The Bertz CT molecular complexity index is 531. The molecule has 1 heterocycles. The summed E-state index contributed by atoms with van der Waals surface area (Å²) in [6, 6.07) is 4.76. The van der Waals surface area contributed by atoms with E-state index in [1.165, 1.54) is 6.20 Å². The molecule has 0 amide bonds. The summed E-state index contributed by atoms with van der Waals surface area (Å²) in [5.41, 5.74) is 0.308. The Labute approximate surface area is 94.8 Å². The van der Waals surface area contributed by atoms with Crippen LogP contribution in [0.5, 0.6) is 5.75 Å². The van der Waals surface area contributed by atoms with Crippen LogP contribution in [-0.4, -0.2) is 15.4 Å². The van der Waals surface area contributed by atoms with E-state index in [1.807, 2.05) is 0 Å². The Kier molecular flexibility index (Phi) is 2.70. The molecule has 0 aliphatic carbocycles. The topological polar surface area (TPSA) is 52.1 Å². The van der Waals surface area contributed by atoms with Gasteiger partial charge in [-0.25, -0.2) is 9.78 Å². The van der Waals surface area contributed by atoms with E-state index in [0.717, 1.165) is 0 Å². The average Bonchev–Trinajstić information content (AvgIpc) is 2.17. The van der Waals surface area contributed by atoms with Crippen molar-refractivity contribution >= 4 is 39.7 Å². The van der Waals surface area contributed by atoms with Gasteiger partial charge in [-0.15, -0.1) is 0 Å². The fourth-order valence-corrected chi connectivity index (χ4v) is 1.35. The molecular formula is C9H4Cl2N2O2. The fraction of sp³-hybridized carbons (Fsp3) is 0. The number of fused-ring (bicyclic) bond motifs is 1. The van der Waals surface area contributed by atoms with E-state index in [0.29, 0.717) is 21.9 Å². The van der Waals surface area contributed by atoms with E-state index in [1.54, 1.807) is 18.2 Å². The zero-order valence-corrected chi connectivity index (χ0v) is 8.79. The highest BCUT2D eigenvalue weighted by Crippen LogP contribution is 2.19. The predicted octanol–water partition coefficient (Wildman–Crippen LogP) is 3.02. The number of hydrogen-bond donors (Lipinski definition) is 0. The molecule has 0 fully saturated rings. The Morgan fingerprint density at radius 1 is 1.33 bits per heavy atom. The van der Waals surface area contributed by atoms with Crippen molar-refractivity contribution in [3.63, 3.8) is 0 Å². The van der Waals surface area contributed by atoms with Gasteiger partial charge in [0.15, 0.2) is 0 Å². The van der Waals surface area contributed by atoms with Gasteiger partial charge in [0.25, 0.3) is 0 Å². The minimum atomic E-state index is -0.892. The summed E-state index contributed by atoms with van der Waals surface area (Å²) in [6.07, 6.45) is 1.41. The number of carbonyl (C=O) groups is 1. The van der Waals surface area contributed by atoms with Crippen LogP contribution in [0.25, 0.3) is 11.0 Å². The highest BCUT2D eigenvalue weighted by atomic mass is 35.5. The van der Waals surface area contributed by atoms with Crippen LogP contribution in [0, 0.1) is 0 Å². The van der Waals surface area contributed by atoms with Crippen LogP contribution in [-0.2, 0) is 0 Å². The molecule has 4 nitrogen and oxygen atoms in total. The first-order valence-electron chi connectivity index (χ1n) is 3.95. The molecule has 0 aliphatic rings. The van der Waals surface area contributed by atoms with Crippen molar-refractivity contribution < 1.29 is 9.53 Å². The van der Waals surface area contributed by atoms with Gasteiger partial charge in [-0.3, -0.25) is 4.98 Å². The molecule has 0 atom stereocenters. The number of ether oxygens (including phenoxy) is 1. The average molecular weight is 243 g/mol. The monoisotopic (exact) mass is 242 g/mol. The molecule has 6 heteroatoms. The van der Waals surface area contributed by atoms with Crippen LogP contribution in [0.3, 0.4) is 0 Å². The van der Waals surface area contributed by atoms with Gasteiger partial charge in [0.2, 0.25) is 0 Å². The third kappa shape index (κ3) is 2.34. The van der Waals surface area contributed by atoms with Gasteiger partial charge in [0.05, 0.1) is 17.2 Å². The smallest absolute Gasteiger partial charge is 0.409 e. The molecule has 76 valence electrons. The Morgan fingerprint density at radius 2 is 2.13 bits per heavy atom. The van der Waals surface area contributed by atoms with Crippen molar-refractivity contribution in [2.45, 2.75) is 0 Å². The summed E-state index contributed by atoms with van der Waals surface area (Å²) in [7, 11) is 0. The molecule has 0 spiro atoms. The summed E-state index contributed by atoms with van der Waals surface area (Å²) < 4.78 is 4.68. The molecule has 15 heavy (non-hydrogen) atoms. The molecule has 0 saturated carbocycles. The summed E-state index contributed by atoms with van der Waals surface area (Å²) in [5.74, 6) is 0.319. The molecule has 0 bridgehead atoms. The van der Waals surface area contributed by atoms with Crippen LogP contribution in [0.4, 0.5) is 4.79 Å². The Morgan fingerprint density at radius 3 is 2.87 bits per heavy atom. The Hall–Kier alpha value is -1.39. The van der Waals surface area contributed by atoms with Gasteiger partial charge in [0, 0.05) is 17.7 Å². The van der Waals surface area contributed by atoms with Gasteiger partial charge in [-0.1, -0.05) is 11.6 Å². The van der Waals surface area contributed by atoms with Gasteiger partial charge in [-0.2, -0.15) is 0 Å². The number of hydrogen-bond acceptors (Lipinski definition) is 4. The first-order chi connectivity index (χ1) is 7.15. The van der Waals surface area contributed by atoms with Crippen molar-refractivity contribution in [2.24, 2.45) is 0 Å². The lowest BCUT2D eigenvalue weighted by Gasteiger charge is -2.01. The highest BCUT2D eigenvalue weighted by molar-refractivity contribution is 6.61. The lowest BCUT2D eigenvalue weighted by Crippen LogP contribution is -1.96. The second-order valence-corrected chi connectivity index (χ2v) is 3.38. The van der Waals surface area contributed by atoms with E-state index in [4.69, 9.17) is 23.2 Å². The minimum Gasteiger partial charge on any atom is -0.414 e. The number of benzene rings is 1. The normalized spacial score (nSPS) is 10.3. The first kappa shape index (κ1) is 10.1. The van der Waals surface area contributed by atoms with E-state index in [2.05, 4.69) is 14.7 Å². The van der Waals surface area contributed by atoms with E-state index in [-0.39, 0.29) is 0 Å². The van der Waals surface area contributed by atoms with Crippen LogP contribution in [0.2, 0.25) is 5.15 Å². The summed E-state index contributed by atoms with van der Waals surface area (Å²) in [5, 5.41) is 0.310. The minimum absolute atomic E-state index is 0.310. The second kappa shape index (κ2) is 4.00. The van der Waals surface area contributed by atoms with E-state index in [9.17, 15) is 4.79 Å². The van der Waals surface area contributed by atoms with Gasteiger partial charge in [-0.05, 0) is 12.1 Å². The zero-order valence-electron chi connectivity index (χ0n) is 7.28. The van der Waals surface area contributed by atoms with E-state index >= 15 is 0 Å². The predicted molar refractivity (Wildman–Crippen MR) is 56.4 cm³/mol. The number of carbonyl (C=O) groups excluding carboxylic acids is 1. The van der Waals surface area contributed by atoms with Gasteiger partial charge >= 0.3 is 5.43 Å². The standard InChI is InChI=1S/C9H4Cl2N2O2/c10-8-4-12-7-3-5(15-9(11)14)1-2-6(7)13-8/h1-4H. The van der Waals surface area contributed by atoms with Crippen LogP contribution in [0.15, 0.2) is 24.4 Å². The molecule has 0 N–H and O–H groups in total. The van der Waals surface area contributed by atoms with Crippen molar-refractivity contribution in [1.29, 1.82) is 0 Å². The molecule has 0 aliphatic heterocycles. The van der Waals surface area contributed by atoms with Crippen molar-refractivity contribution in [3.8, 4) is 5.75 Å². The van der Waals surface area contributed by atoms with Crippen molar-refractivity contribution in [2.75, 3.05) is 0 Å². The largest absolute Gasteiger partial charge is 0.414 e. The molecule has 1 aromatic heterocycles. The SMILES string of the molecule is O=C(Cl)Oc1ccc2nc(Cl)cnc2c1. The number of halogens is 2. The maximum absolute atomic E-state index is 10.5. The van der Waals surface area contributed by atoms with Crippen molar-refractivity contribution in [1.82, 2.24) is 9.97 Å². The third-order valence-electron chi connectivity index (χ3n) is 1.68. The van der Waals surface area contributed by atoms with Gasteiger partial charge in [0.1, 0.15) is 10.9 Å². The third-order valence-corrected chi connectivity index (χ3v) is 1.94. The van der Waals surface area contributed by atoms with Crippen LogP contribution >= 0.6 is 23.2 Å². The molecular weight excluding hydrogens is 239 g/mol. The number of nitrogens with zero attached hydrogens (tertiary/aromatic N) is 2. The second-order valence-electron chi connectivity index (χ2n) is 2.68. The number of aromatic nitrogens is 2. The van der Waals surface area contributed by atoms with E-state index < -0.39 is 5.43 Å². The number of rotatable bonds is 1. The maximum atomic E-state index is 10.5. The van der Waals surface area contributed by atoms with Crippen LogP contribution < -0.4 is 4.74 Å². The molecule has 2 rings (SSSR count). The maximum Gasteiger partial charge on any atom is 0.409 e. The fourth-order valence-electron chi connectivity index (χ4n) is 1.12. The molecule has 2 aromatic rings. The summed E-state index contributed by atoms with van der Waals surface area (Å²) >= 11 is 10.7. The quantitative estimate of drug-likeness (QED) is 0.722. The van der Waals surface area contributed by atoms with Gasteiger partial charge < -0.3 is 4.74 Å². The lowest BCUT2D eigenvalue weighted by atomic mass is 10.3. The Balaban J connectivity index is 2.47. The molecule has 0 unspecified atom stereocenters. The molecule has 0 radical (unpaired) electrons. The zero-order chi connectivity index (χ0) is 10.8. The highest BCUT2D eigenvalue weighted by Gasteiger charge is 2.03. The lowest BCUT2D eigenvalue weighted by molar-refractivity contribution is 0.225. The molecule has 0 saturated heterocycles. The summed E-state index contributed by atoms with van der Waals surface area (Å²) in [4.78, 5) is 18.5. The molecule has 1 aromatic carbocycles. The van der Waals surface area contributed by atoms with Crippen molar-refractivity contribution in [3.05, 3.63) is 29.5 Å². The summed E-state index contributed by atoms with van der Waals surface area (Å²) in [6.45, 7) is 0.